The number of hydrogen-bond acceptors (Lipinski definition) is 1. The van der Waals surface area contributed by atoms with E-state index in [4.69, 9.17) is 5.73 Å². The summed E-state index contributed by atoms with van der Waals surface area (Å²) in [5.41, 5.74) is 5.53. The van der Waals surface area contributed by atoms with Gasteiger partial charge in [0.1, 0.15) is 0 Å². The van der Waals surface area contributed by atoms with E-state index in [1.807, 2.05) is 16.9 Å². The number of nitrogens with two attached hydrogens (primary N) is 1. The van der Waals surface area contributed by atoms with Crippen molar-refractivity contribution in [1.29, 1.82) is 0 Å². The normalized spacial score (nSPS) is 38.2. The van der Waals surface area contributed by atoms with Crippen LogP contribution in [0.15, 0.2) is 0 Å². The summed E-state index contributed by atoms with van der Waals surface area (Å²) < 4.78 is 0.965. The van der Waals surface area contributed by atoms with E-state index in [1.54, 1.807) is 0 Å². The molecule has 0 saturated heterocycles. The standard InChI is InChI=1S/C6H14AsN/c7-6-3-1-2-5(6)4-8/h5-6H,1-4,7-8H2. The van der Waals surface area contributed by atoms with Gasteiger partial charge in [-0.2, -0.15) is 0 Å². The second-order valence-corrected chi connectivity index (χ2v) is 4.39. The third-order valence-electron chi connectivity index (χ3n) is 2.02. The zero-order chi connectivity index (χ0) is 5.98. The van der Waals surface area contributed by atoms with Gasteiger partial charge in [-0.05, 0) is 0 Å². The van der Waals surface area contributed by atoms with Crippen LogP contribution in [0.25, 0.3) is 0 Å². The molecule has 1 fully saturated rings. The van der Waals surface area contributed by atoms with Gasteiger partial charge in [-0.15, -0.1) is 0 Å². The maximum atomic E-state index is 5.53. The van der Waals surface area contributed by atoms with Crippen molar-refractivity contribution in [2.75, 3.05) is 6.54 Å². The van der Waals surface area contributed by atoms with Crippen molar-refractivity contribution in [1.82, 2.24) is 0 Å². The minimum atomic E-state index is 0.870. The Morgan fingerprint density at radius 2 is 2.25 bits per heavy atom. The van der Waals surface area contributed by atoms with Crippen LogP contribution in [0.3, 0.4) is 0 Å². The number of hydrogen-bond donors (Lipinski definition) is 1. The van der Waals surface area contributed by atoms with E-state index < -0.39 is 0 Å². The van der Waals surface area contributed by atoms with Crippen molar-refractivity contribution in [2.24, 2.45) is 11.7 Å². The quantitative estimate of drug-likeness (QED) is 0.565. The summed E-state index contributed by atoms with van der Waals surface area (Å²) in [5.74, 6) is 0.870. The Kier molecular flexibility index (Phi) is 2.40. The molecule has 2 heteroatoms. The molecule has 0 amide bonds. The van der Waals surface area contributed by atoms with E-state index in [2.05, 4.69) is 0 Å². The minimum absolute atomic E-state index is 0.870. The summed E-state index contributed by atoms with van der Waals surface area (Å²) >= 11 is 1.89. The van der Waals surface area contributed by atoms with E-state index in [0.717, 1.165) is 17.2 Å². The van der Waals surface area contributed by atoms with Gasteiger partial charge in [-0.1, -0.05) is 0 Å². The van der Waals surface area contributed by atoms with Gasteiger partial charge in [0.15, 0.2) is 0 Å². The second kappa shape index (κ2) is 2.89. The fourth-order valence-corrected chi connectivity index (χ4v) is 2.59. The van der Waals surface area contributed by atoms with E-state index in [-0.39, 0.29) is 0 Å². The summed E-state index contributed by atoms with van der Waals surface area (Å²) in [5, 5.41) is 0. The summed E-state index contributed by atoms with van der Waals surface area (Å²) in [6.07, 6.45) is 4.24. The molecule has 0 aliphatic heterocycles. The molecule has 1 nitrogen and oxygen atoms in total. The summed E-state index contributed by atoms with van der Waals surface area (Å²) in [6.45, 7) is 0.920. The number of rotatable bonds is 1. The zero-order valence-electron chi connectivity index (χ0n) is 5.14. The van der Waals surface area contributed by atoms with Gasteiger partial charge in [0.2, 0.25) is 0 Å². The van der Waals surface area contributed by atoms with E-state index in [1.165, 1.54) is 19.3 Å². The predicted molar refractivity (Wildman–Crippen MR) is 38.7 cm³/mol. The molecule has 2 N–H and O–H groups in total. The molecule has 8 heavy (non-hydrogen) atoms. The van der Waals surface area contributed by atoms with Crippen molar-refractivity contribution < 1.29 is 0 Å². The molecule has 1 rings (SSSR count). The molecule has 0 bridgehead atoms. The first-order valence-corrected chi connectivity index (χ1v) is 4.70. The Morgan fingerprint density at radius 1 is 1.50 bits per heavy atom. The average Bonchev–Trinajstić information content (AvgIpc) is 2.14. The Balaban J connectivity index is 2.30. The van der Waals surface area contributed by atoms with Crippen molar-refractivity contribution >= 4 is 16.9 Å². The SMILES string of the molecule is NCC1CCCC1[AsH2]. The molecule has 3 atom stereocenters. The first-order chi connectivity index (χ1) is 3.84. The molecule has 0 spiro atoms. The van der Waals surface area contributed by atoms with Crippen LogP contribution >= 0.6 is 0 Å². The molecule has 1 aliphatic rings. The molecule has 3 unspecified atom stereocenters. The van der Waals surface area contributed by atoms with Crippen LogP contribution in [0.4, 0.5) is 0 Å². The molecular formula is C6H14AsN. The summed E-state index contributed by atoms with van der Waals surface area (Å²) in [6, 6.07) is 0. The fraction of sp³-hybridized carbons (Fsp3) is 1.00. The molecule has 0 radical (unpaired) electrons. The van der Waals surface area contributed by atoms with Crippen LogP contribution in [-0.4, -0.2) is 23.4 Å². The Bertz CT molecular complexity index is 74.9. The van der Waals surface area contributed by atoms with Crippen molar-refractivity contribution in [2.45, 2.75) is 24.0 Å². The van der Waals surface area contributed by atoms with Crippen LogP contribution in [-0.2, 0) is 0 Å². The van der Waals surface area contributed by atoms with Crippen LogP contribution in [0.2, 0.25) is 4.71 Å². The van der Waals surface area contributed by atoms with Gasteiger partial charge in [0, 0.05) is 0 Å². The van der Waals surface area contributed by atoms with Gasteiger partial charge in [0.05, 0.1) is 0 Å². The molecular weight excluding hydrogens is 161 g/mol. The maximum absolute atomic E-state index is 5.53. The Labute approximate surface area is 59.5 Å². The van der Waals surface area contributed by atoms with Crippen molar-refractivity contribution in [3.8, 4) is 0 Å². The molecule has 1 saturated carbocycles. The van der Waals surface area contributed by atoms with Crippen LogP contribution in [0.1, 0.15) is 19.3 Å². The van der Waals surface area contributed by atoms with E-state index >= 15 is 0 Å². The fourth-order valence-electron chi connectivity index (χ4n) is 1.36. The molecule has 0 heterocycles. The first kappa shape index (κ1) is 6.64. The van der Waals surface area contributed by atoms with Gasteiger partial charge in [-0.25, -0.2) is 0 Å². The summed E-state index contributed by atoms with van der Waals surface area (Å²) in [7, 11) is 0. The van der Waals surface area contributed by atoms with Crippen LogP contribution < -0.4 is 5.73 Å². The first-order valence-electron chi connectivity index (χ1n) is 3.30. The van der Waals surface area contributed by atoms with Gasteiger partial charge < -0.3 is 0 Å². The molecule has 48 valence electrons. The molecule has 1 aliphatic carbocycles. The molecule has 0 aromatic carbocycles. The molecule has 0 aromatic heterocycles. The predicted octanol–water partition coefficient (Wildman–Crippen LogP) is 0.167. The third-order valence-corrected chi connectivity index (χ3v) is 3.86. The summed E-state index contributed by atoms with van der Waals surface area (Å²) in [4.78, 5) is 0. The van der Waals surface area contributed by atoms with E-state index in [9.17, 15) is 0 Å². The van der Waals surface area contributed by atoms with Gasteiger partial charge in [-0.3, -0.25) is 0 Å². The van der Waals surface area contributed by atoms with Crippen molar-refractivity contribution in [3.05, 3.63) is 0 Å². The second-order valence-electron chi connectivity index (χ2n) is 2.59. The third kappa shape index (κ3) is 1.27. The van der Waals surface area contributed by atoms with Gasteiger partial charge in [0.25, 0.3) is 0 Å². The Morgan fingerprint density at radius 3 is 2.50 bits per heavy atom. The monoisotopic (exact) mass is 175 g/mol. The Hall–Kier alpha value is 0.518. The van der Waals surface area contributed by atoms with E-state index in [0.29, 0.717) is 0 Å². The van der Waals surface area contributed by atoms with Gasteiger partial charge >= 0.3 is 59.0 Å². The molecule has 0 aromatic rings. The van der Waals surface area contributed by atoms with Crippen LogP contribution in [0, 0.1) is 5.92 Å². The topological polar surface area (TPSA) is 26.0 Å². The van der Waals surface area contributed by atoms with Crippen LogP contribution in [0.5, 0.6) is 0 Å². The zero-order valence-corrected chi connectivity index (χ0v) is 7.56. The van der Waals surface area contributed by atoms with Crippen molar-refractivity contribution in [3.63, 3.8) is 0 Å². The average molecular weight is 175 g/mol.